The van der Waals surface area contributed by atoms with Crippen LogP contribution in [0.5, 0.6) is 0 Å². The van der Waals surface area contributed by atoms with Gasteiger partial charge in [-0.15, -0.1) is 0 Å². The number of aliphatic hydroxyl groups excluding tert-OH is 1. The molecule has 2 saturated carbocycles. The van der Waals surface area contributed by atoms with Gasteiger partial charge in [-0.05, 0) is 38.2 Å². The molecule has 0 aromatic carbocycles. The van der Waals surface area contributed by atoms with Gasteiger partial charge in [0.25, 0.3) is 0 Å². The lowest BCUT2D eigenvalue weighted by molar-refractivity contribution is -0.127. The van der Waals surface area contributed by atoms with Crippen LogP contribution in [0.25, 0.3) is 0 Å². The van der Waals surface area contributed by atoms with Gasteiger partial charge in [0.15, 0.2) is 0 Å². The number of nitrogens with one attached hydrogen (secondary N) is 1. The number of nitrogens with zero attached hydrogens (tertiary/aromatic N) is 2. The lowest BCUT2D eigenvalue weighted by Gasteiger charge is -2.30. The van der Waals surface area contributed by atoms with E-state index in [0.29, 0.717) is 13.0 Å². The predicted octanol–water partition coefficient (Wildman–Crippen LogP) is 0.268. The van der Waals surface area contributed by atoms with Crippen LogP contribution in [0.3, 0.4) is 0 Å². The maximum Gasteiger partial charge on any atom is 0.223 e. The van der Waals surface area contributed by atoms with E-state index in [2.05, 4.69) is 10.4 Å². The Morgan fingerprint density at radius 2 is 2.29 bits per heavy atom. The van der Waals surface area contributed by atoms with Crippen LogP contribution in [-0.4, -0.2) is 39.5 Å². The van der Waals surface area contributed by atoms with Gasteiger partial charge in [-0.2, -0.15) is 5.10 Å². The van der Waals surface area contributed by atoms with Crippen LogP contribution in [0.15, 0.2) is 18.5 Å². The summed E-state index contributed by atoms with van der Waals surface area (Å²) in [6, 6.07) is 1.74. The van der Waals surface area contributed by atoms with Gasteiger partial charge >= 0.3 is 0 Å². The van der Waals surface area contributed by atoms with Gasteiger partial charge in [0, 0.05) is 42.9 Å². The molecule has 6 heteroatoms. The molecule has 0 aliphatic heterocycles. The molecule has 2 fully saturated rings. The molecule has 3 rings (SSSR count). The fourth-order valence-electron chi connectivity index (χ4n) is 3.13. The Labute approximate surface area is 124 Å². The lowest BCUT2D eigenvalue weighted by atomic mass is 9.83. The Balaban J connectivity index is 1.47. The molecule has 1 aromatic rings. The second-order valence-corrected chi connectivity index (χ2v) is 6.66. The van der Waals surface area contributed by atoms with E-state index >= 15 is 0 Å². The number of amides is 1. The van der Waals surface area contributed by atoms with Gasteiger partial charge in [0.2, 0.25) is 5.91 Å². The summed E-state index contributed by atoms with van der Waals surface area (Å²) in [5.41, 5.74) is 5.95. The van der Waals surface area contributed by atoms with E-state index in [1.807, 2.05) is 16.9 Å². The monoisotopic (exact) mass is 292 g/mol. The molecule has 2 aliphatic rings. The highest BCUT2D eigenvalue weighted by Crippen LogP contribution is 2.46. The number of nitrogens with two attached hydrogens (primary N) is 1. The number of carbonyl (C=O) groups excluding carboxylic acids is 1. The van der Waals surface area contributed by atoms with Crippen LogP contribution < -0.4 is 11.1 Å². The molecular formula is C15H24N4O2. The average Bonchev–Trinajstić information content (AvgIpc) is 3.04. The van der Waals surface area contributed by atoms with E-state index in [4.69, 9.17) is 5.73 Å². The first kappa shape index (κ1) is 14.5. The molecule has 0 unspecified atom stereocenters. The van der Waals surface area contributed by atoms with Gasteiger partial charge < -0.3 is 16.2 Å². The Kier molecular flexibility index (Phi) is 3.99. The third-order valence-corrected chi connectivity index (χ3v) is 4.89. The number of hydrogen-bond acceptors (Lipinski definition) is 4. The SMILES string of the molecule is N[C@H]1CC[C@H](C(=O)NCC2(Cn3cccn3)CC2)C[C@@H]1O. The quantitative estimate of drug-likeness (QED) is 0.726. The summed E-state index contributed by atoms with van der Waals surface area (Å²) in [6.07, 6.45) is 7.43. The molecule has 0 spiro atoms. The maximum atomic E-state index is 12.2. The van der Waals surface area contributed by atoms with Crippen molar-refractivity contribution in [1.29, 1.82) is 0 Å². The van der Waals surface area contributed by atoms with Gasteiger partial charge in [-0.1, -0.05) is 0 Å². The van der Waals surface area contributed by atoms with Crippen molar-refractivity contribution in [2.75, 3.05) is 6.54 Å². The third-order valence-electron chi connectivity index (χ3n) is 4.89. The summed E-state index contributed by atoms with van der Waals surface area (Å²) >= 11 is 0. The molecule has 1 aromatic heterocycles. The highest BCUT2D eigenvalue weighted by Gasteiger charge is 2.43. The summed E-state index contributed by atoms with van der Waals surface area (Å²) in [6.45, 7) is 1.56. The lowest BCUT2D eigenvalue weighted by Crippen LogP contribution is -2.45. The molecule has 4 N–H and O–H groups in total. The first-order valence-electron chi connectivity index (χ1n) is 7.77. The Morgan fingerprint density at radius 3 is 2.90 bits per heavy atom. The second kappa shape index (κ2) is 5.77. The van der Waals surface area contributed by atoms with Crippen molar-refractivity contribution in [3.63, 3.8) is 0 Å². The van der Waals surface area contributed by atoms with Crippen LogP contribution in [0.4, 0.5) is 0 Å². The van der Waals surface area contributed by atoms with E-state index in [0.717, 1.165) is 32.2 Å². The molecular weight excluding hydrogens is 268 g/mol. The van der Waals surface area contributed by atoms with Gasteiger partial charge in [0.05, 0.1) is 6.10 Å². The van der Waals surface area contributed by atoms with Crippen molar-refractivity contribution in [2.24, 2.45) is 17.1 Å². The zero-order valence-electron chi connectivity index (χ0n) is 12.2. The standard InChI is InChI=1S/C15H24N4O2/c16-12-3-2-11(8-13(12)20)14(21)17-9-15(4-5-15)10-19-7-1-6-18-19/h1,6-7,11-13,20H,2-5,8-10,16H2,(H,17,21)/t11-,12-,13-/m0/s1. The Hall–Kier alpha value is -1.40. The average molecular weight is 292 g/mol. The van der Waals surface area contributed by atoms with Gasteiger partial charge in [-0.25, -0.2) is 0 Å². The minimum Gasteiger partial charge on any atom is -0.391 e. The van der Waals surface area contributed by atoms with Crippen molar-refractivity contribution in [3.8, 4) is 0 Å². The molecule has 21 heavy (non-hydrogen) atoms. The molecule has 1 heterocycles. The summed E-state index contributed by atoms with van der Waals surface area (Å²) in [5, 5.41) is 17.1. The summed E-state index contributed by atoms with van der Waals surface area (Å²) in [4.78, 5) is 12.2. The normalized spacial score (nSPS) is 30.9. The number of hydrogen-bond donors (Lipinski definition) is 3. The summed E-state index contributed by atoms with van der Waals surface area (Å²) in [5.74, 6) is -0.0343. The van der Waals surface area contributed by atoms with Gasteiger partial charge in [-0.3, -0.25) is 9.48 Å². The smallest absolute Gasteiger partial charge is 0.223 e. The summed E-state index contributed by atoms with van der Waals surface area (Å²) < 4.78 is 1.93. The van der Waals surface area contributed by atoms with E-state index in [-0.39, 0.29) is 23.3 Å². The third kappa shape index (κ3) is 3.44. The summed E-state index contributed by atoms with van der Waals surface area (Å²) in [7, 11) is 0. The zero-order valence-corrected chi connectivity index (χ0v) is 12.2. The fraction of sp³-hybridized carbons (Fsp3) is 0.733. The minimum absolute atomic E-state index is 0.0627. The predicted molar refractivity (Wildman–Crippen MR) is 78.2 cm³/mol. The van der Waals surface area contributed by atoms with Crippen LogP contribution in [-0.2, 0) is 11.3 Å². The molecule has 1 amide bonds. The first-order chi connectivity index (χ1) is 10.1. The van der Waals surface area contributed by atoms with Crippen molar-refractivity contribution >= 4 is 5.91 Å². The number of aliphatic hydroxyl groups is 1. The molecule has 3 atom stereocenters. The van der Waals surface area contributed by atoms with Crippen LogP contribution >= 0.6 is 0 Å². The van der Waals surface area contributed by atoms with Crippen molar-refractivity contribution in [3.05, 3.63) is 18.5 Å². The topological polar surface area (TPSA) is 93.2 Å². The van der Waals surface area contributed by atoms with Crippen LogP contribution in [0, 0.1) is 11.3 Å². The number of carbonyl (C=O) groups is 1. The molecule has 2 aliphatic carbocycles. The Morgan fingerprint density at radius 1 is 1.48 bits per heavy atom. The molecule has 0 radical (unpaired) electrons. The van der Waals surface area contributed by atoms with E-state index in [9.17, 15) is 9.90 Å². The van der Waals surface area contributed by atoms with Crippen LogP contribution in [0.2, 0.25) is 0 Å². The van der Waals surface area contributed by atoms with Crippen molar-refractivity contribution in [2.45, 2.75) is 50.8 Å². The first-order valence-corrected chi connectivity index (χ1v) is 7.77. The van der Waals surface area contributed by atoms with E-state index in [1.54, 1.807) is 6.20 Å². The van der Waals surface area contributed by atoms with Crippen molar-refractivity contribution in [1.82, 2.24) is 15.1 Å². The van der Waals surface area contributed by atoms with E-state index < -0.39 is 6.10 Å². The highest BCUT2D eigenvalue weighted by molar-refractivity contribution is 5.78. The molecule has 6 nitrogen and oxygen atoms in total. The number of rotatable bonds is 5. The molecule has 0 bridgehead atoms. The van der Waals surface area contributed by atoms with E-state index in [1.165, 1.54) is 0 Å². The van der Waals surface area contributed by atoms with Crippen molar-refractivity contribution < 1.29 is 9.90 Å². The van der Waals surface area contributed by atoms with Crippen LogP contribution in [0.1, 0.15) is 32.1 Å². The van der Waals surface area contributed by atoms with Gasteiger partial charge in [0.1, 0.15) is 0 Å². The minimum atomic E-state index is -0.548. The number of aromatic nitrogens is 2. The Bertz CT molecular complexity index is 484. The zero-order chi connectivity index (χ0) is 14.9. The highest BCUT2D eigenvalue weighted by atomic mass is 16.3. The fourth-order valence-corrected chi connectivity index (χ4v) is 3.13. The largest absolute Gasteiger partial charge is 0.391 e. The molecule has 116 valence electrons. The maximum absolute atomic E-state index is 12.2. The second-order valence-electron chi connectivity index (χ2n) is 6.66. The molecule has 0 saturated heterocycles.